The van der Waals surface area contributed by atoms with Crippen molar-refractivity contribution in [1.82, 2.24) is 0 Å². The first-order valence-electron chi connectivity index (χ1n) is 5.80. The maximum Gasteiger partial charge on any atom is 0.140 e. The van der Waals surface area contributed by atoms with Crippen molar-refractivity contribution < 1.29 is 19.0 Å². The van der Waals surface area contributed by atoms with Gasteiger partial charge < -0.3 is 19.0 Å². The van der Waals surface area contributed by atoms with Crippen LogP contribution in [0.2, 0.25) is 5.02 Å². The molecule has 0 aliphatic carbocycles. The molecule has 1 fully saturated rings. The fourth-order valence-corrected chi connectivity index (χ4v) is 2.23. The molecule has 0 spiro atoms. The second kappa shape index (κ2) is 4.90. The standard InChI is InChI=1S/C13H13ClO4/c14-9-1-2-10-8(5-9)6-11(18-10)13(15)12-7-16-3-4-17-12/h1-2,5-6,12-13,15H,3-4,7H2. The number of rotatable bonds is 2. The van der Waals surface area contributed by atoms with E-state index < -0.39 is 6.10 Å². The Labute approximate surface area is 109 Å². The number of halogens is 1. The zero-order valence-electron chi connectivity index (χ0n) is 9.64. The van der Waals surface area contributed by atoms with Gasteiger partial charge in [0.05, 0.1) is 19.8 Å². The van der Waals surface area contributed by atoms with Crippen molar-refractivity contribution in [3.05, 3.63) is 35.0 Å². The van der Waals surface area contributed by atoms with Crippen LogP contribution in [0.5, 0.6) is 0 Å². The van der Waals surface area contributed by atoms with Gasteiger partial charge in [-0.15, -0.1) is 0 Å². The van der Waals surface area contributed by atoms with E-state index in [-0.39, 0.29) is 6.10 Å². The molecule has 4 nitrogen and oxygen atoms in total. The molecule has 0 radical (unpaired) electrons. The van der Waals surface area contributed by atoms with Gasteiger partial charge in [0.25, 0.3) is 0 Å². The van der Waals surface area contributed by atoms with Gasteiger partial charge in [0.2, 0.25) is 0 Å². The Morgan fingerprint density at radius 3 is 2.94 bits per heavy atom. The van der Waals surface area contributed by atoms with E-state index in [2.05, 4.69) is 0 Å². The maximum absolute atomic E-state index is 10.2. The molecular formula is C13H13ClO4. The molecule has 2 aromatic rings. The number of ether oxygens (including phenoxy) is 2. The average molecular weight is 269 g/mol. The fraction of sp³-hybridized carbons (Fsp3) is 0.385. The minimum absolute atomic E-state index is 0.374. The zero-order valence-corrected chi connectivity index (χ0v) is 10.4. The van der Waals surface area contributed by atoms with E-state index in [0.717, 1.165) is 5.39 Å². The number of benzene rings is 1. The highest BCUT2D eigenvalue weighted by atomic mass is 35.5. The SMILES string of the molecule is OC(c1cc2cc(Cl)ccc2o1)C1COCCO1. The molecule has 1 aliphatic heterocycles. The molecule has 18 heavy (non-hydrogen) atoms. The quantitative estimate of drug-likeness (QED) is 0.909. The van der Waals surface area contributed by atoms with E-state index in [1.807, 2.05) is 0 Å². The van der Waals surface area contributed by atoms with Crippen molar-refractivity contribution in [3.8, 4) is 0 Å². The van der Waals surface area contributed by atoms with Crippen LogP contribution in [0.3, 0.4) is 0 Å². The first kappa shape index (κ1) is 12.0. The van der Waals surface area contributed by atoms with Gasteiger partial charge in [-0.2, -0.15) is 0 Å². The third kappa shape index (κ3) is 2.24. The van der Waals surface area contributed by atoms with E-state index in [9.17, 15) is 5.11 Å². The summed E-state index contributed by atoms with van der Waals surface area (Å²) in [6, 6.07) is 7.12. The molecule has 96 valence electrons. The van der Waals surface area contributed by atoms with Crippen molar-refractivity contribution in [2.24, 2.45) is 0 Å². The van der Waals surface area contributed by atoms with Crippen molar-refractivity contribution in [3.63, 3.8) is 0 Å². The molecule has 2 unspecified atom stereocenters. The molecule has 1 aromatic carbocycles. The summed E-state index contributed by atoms with van der Waals surface area (Å²) in [4.78, 5) is 0. The highest BCUT2D eigenvalue weighted by Crippen LogP contribution is 2.29. The van der Waals surface area contributed by atoms with Gasteiger partial charge in [0.15, 0.2) is 0 Å². The van der Waals surface area contributed by atoms with E-state index in [1.165, 1.54) is 0 Å². The largest absolute Gasteiger partial charge is 0.458 e. The van der Waals surface area contributed by atoms with Crippen LogP contribution in [-0.2, 0) is 9.47 Å². The summed E-state index contributed by atoms with van der Waals surface area (Å²) in [5.74, 6) is 0.475. The van der Waals surface area contributed by atoms with Crippen molar-refractivity contribution in [1.29, 1.82) is 0 Å². The lowest BCUT2D eigenvalue weighted by Gasteiger charge is -2.25. The summed E-state index contributed by atoms with van der Waals surface area (Å²) in [5.41, 5.74) is 0.699. The van der Waals surface area contributed by atoms with Crippen LogP contribution in [0, 0.1) is 0 Å². The third-order valence-electron chi connectivity index (χ3n) is 2.98. The first-order chi connectivity index (χ1) is 8.74. The Bertz CT molecular complexity index is 545. The smallest absolute Gasteiger partial charge is 0.140 e. The molecule has 1 aromatic heterocycles. The zero-order chi connectivity index (χ0) is 12.5. The van der Waals surface area contributed by atoms with E-state index in [4.69, 9.17) is 25.5 Å². The van der Waals surface area contributed by atoms with Crippen LogP contribution in [0.4, 0.5) is 0 Å². The van der Waals surface area contributed by atoms with Gasteiger partial charge in [-0.1, -0.05) is 11.6 Å². The summed E-state index contributed by atoms with van der Waals surface area (Å²) >= 11 is 5.91. The monoisotopic (exact) mass is 268 g/mol. The minimum Gasteiger partial charge on any atom is -0.458 e. The lowest BCUT2D eigenvalue weighted by molar-refractivity contribution is -0.137. The number of aliphatic hydroxyl groups excluding tert-OH is 1. The van der Waals surface area contributed by atoms with E-state index in [1.54, 1.807) is 24.3 Å². The number of aliphatic hydroxyl groups is 1. The van der Waals surface area contributed by atoms with E-state index in [0.29, 0.717) is 36.2 Å². The molecule has 5 heteroatoms. The molecule has 1 N–H and O–H groups in total. The van der Waals surface area contributed by atoms with Crippen LogP contribution in [0.1, 0.15) is 11.9 Å². The van der Waals surface area contributed by atoms with Gasteiger partial charge >= 0.3 is 0 Å². The van der Waals surface area contributed by atoms with Crippen LogP contribution < -0.4 is 0 Å². The second-order valence-electron chi connectivity index (χ2n) is 4.26. The van der Waals surface area contributed by atoms with Gasteiger partial charge in [0.1, 0.15) is 23.6 Å². The molecule has 2 atom stereocenters. The van der Waals surface area contributed by atoms with Gasteiger partial charge in [-0.05, 0) is 24.3 Å². The summed E-state index contributed by atoms with van der Waals surface area (Å²) in [6.45, 7) is 1.44. The molecule has 3 rings (SSSR count). The summed E-state index contributed by atoms with van der Waals surface area (Å²) < 4.78 is 16.3. The Hall–Kier alpha value is -1.07. The van der Waals surface area contributed by atoms with Crippen LogP contribution in [-0.4, -0.2) is 31.0 Å². The predicted molar refractivity (Wildman–Crippen MR) is 66.7 cm³/mol. The van der Waals surface area contributed by atoms with E-state index >= 15 is 0 Å². The number of furan rings is 1. The van der Waals surface area contributed by atoms with Gasteiger partial charge in [-0.25, -0.2) is 0 Å². The molecule has 0 bridgehead atoms. The Morgan fingerprint density at radius 2 is 2.17 bits per heavy atom. The number of hydrogen-bond acceptors (Lipinski definition) is 4. The summed E-state index contributed by atoms with van der Waals surface area (Å²) in [6.07, 6.45) is -1.20. The fourth-order valence-electron chi connectivity index (χ4n) is 2.05. The molecule has 2 heterocycles. The Balaban J connectivity index is 1.88. The lowest BCUT2D eigenvalue weighted by atomic mass is 10.1. The van der Waals surface area contributed by atoms with Crippen LogP contribution >= 0.6 is 11.6 Å². The lowest BCUT2D eigenvalue weighted by Crippen LogP contribution is -2.33. The average Bonchev–Trinajstić information content (AvgIpc) is 2.81. The summed E-state index contributed by atoms with van der Waals surface area (Å²) in [7, 11) is 0. The van der Waals surface area contributed by atoms with Crippen LogP contribution in [0.25, 0.3) is 11.0 Å². The van der Waals surface area contributed by atoms with Gasteiger partial charge in [-0.3, -0.25) is 0 Å². The Kier molecular flexibility index (Phi) is 3.26. The van der Waals surface area contributed by atoms with Crippen molar-refractivity contribution in [2.75, 3.05) is 19.8 Å². The minimum atomic E-state index is -0.823. The highest BCUT2D eigenvalue weighted by Gasteiger charge is 2.27. The topological polar surface area (TPSA) is 51.8 Å². The second-order valence-corrected chi connectivity index (χ2v) is 4.70. The predicted octanol–water partition coefficient (Wildman–Crippen LogP) is 2.54. The number of fused-ring (bicyclic) bond motifs is 1. The molecule has 0 amide bonds. The van der Waals surface area contributed by atoms with Crippen LogP contribution in [0.15, 0.2) is 28.7 Å². The molecule has 0 saturated carbocycles. The number of hydrogen-bond donors (Lipinski definition) is 1. The normalized spacial score (nSPS) is 22.2. The highest BCUT2D eigenvalue weighted by molar-refractivity contribution is 6.31. The first-order valence-corrected chi connectivity index (χ1v) is 6.18. The Morgan fingerprint density at radius 1 is 1.28 bits per heavy atom. The van der Waals surface area contributed by atoms with Crippen molar-refractivity contribution >= 4 is 22.6 Å². The van der Waals surface area contributed by atoms with Gasteiger partial charge in [0, 0.05) is 10.4 Å². The molecule has 1 saturated heterocycles. The van der Waals surface area contributed by atoms with Crippen molar-refractivity contribution in [2.45, 2.75) is 12.2 Å². The summed E-state index contributed by atoms with van der Waals surface area (Å²) in [5, 5.41) is 11.7. The maximum atomic E-state index is 10.2. The third-order valence-corrected chi connectivity index (χ3v) is 3.22. The molecule has 1 aliphatic rings. The molecular weight excluding hydrogens is 256 g/mol.